The molecule has 1 aromatic rings. The van der Waals surface area contributed by atoms with Crippen LogP contribution in [0.5, 0.6) is 0 Å². The van der Waals surface area contributed by atoms with Crippen LogP contribution in [0.2, 0.25) is 4.34 Å². The van der Waals surface area contributed by atoms with Gasteiger partial charge in [0.1, 0.15) is 5.37 Å². The lowest BCUT2D eigenvalue weighted by molar-refractivity contribution is -0.128. The summed E-state index contributed by atoms with van der Waals surface area (Å²) in [6.45, 7) is 4.44. The van der Waals surface area contributed by atoms with Crippen LogP contribution in [0.3, 0.4) is 0 Å². The summed E-state index contributed by atoms with van der Waals surface area (Å²) < 4.78 is 0.803. The van der Waals surface area contributed by atoms with Gasteiger partial charge in [-0.25, -0.2) is 0 Å². The van der Waals surface area contributed by atoms with Gasteiger partial charge in [-0.1, -0.05) is 11.6 Å². The normalized spacial score (nSPS) is 23.9. The van der Waals surface area contributed by atoms with Gasteiger partial charge in [-0.05, 0) is 51.0 Å². The summed E-state index contributed by atoms with van der Waals surface area (Å²) in [7, 11) is 0. The Morgan fingerprint density at radius 3 is 2.75 bits per heavy atom. The van der Waals surface area contributed by atoms with Crippen LogP contribution >= 0.6 is 34.7 Å². The van der Waals surface area contributed by atoms with Crippen LogP contribution in [0, 0.1) is 0 Å². The minimum Gasteiger partial charge on any atom is -0.325 e. The van der Waals surface area contributed by atoms with Gasteiger partial charge in [0.2, 0.25) is 5.91 Å². The molecule has 0 saturated carbocycles. The Labute approximate surface area is 133 Å². The summed E-state index contributed by atoms with van der Waals surface area (Å²) in [5.41, 5.74) is 0. The molecule has 0 aliphatic carbocycles. The zero-order valence-corrected chi connectivity index (χ0v) is 13.8. The molecule has 0 bridgehead atoms. The molecule has 1 atom stereocenters. The van der Waals surface area contributed by atoms with Crippen molar-refractivity contribution >= 4 is 40.6 Å². The van der Waals surface area contributed by atoms with E-state index < -0.39 is 0 Å². The van der Waals surface area contributed by atoms with Crippen molar-refractivity contribution in [1.29, 1.82) is 0 Å². The Morgan fingerprint density at radius 1 is 1.25 bits per heavy atom. The van der Waals surface area contributed by atoms with Gasteiger partial charge in [-0.15, -0.1) is 23.1 Å². The van der Waals surface area contributed by atoms with Crippen LogP contribution < -0.4 is 0 Å². The Kier molecular flexibility index (Phi) is 4.91. The first-order chi connectivity index (χ1) is 9.74. The van der Waals surface area contributed by atoms with Gasteiger partial charge in [0.15, 0.2) is 0 Å². The second-order valence-electron chi connectivity index (χ2n) is 5.29. The van der Waals surface area contributed by atoms with Crippen LogP contribution in [0.1, 0.15) is 29.5 Å². The Balaban J connectivity index is 1.56. The molecule has 1 unspecified atom stereocenters. The molecule has 0 N–H and O–H groups in total. The minimum absolute atomic E-state index is 0.179. The SMILES string of the molecule is O=C1CSC(c2ccc(Cl)s2)N1CCCN1CCCC1. The van der Waals surface area contributed by atoms with E-state index in [0.29, 0.717) is 5.75 Å². The van der Waals surface area contributed by atoms with E-state index >= 15 is 0 Å². The fourth-order valence-electron chi connectivity index (χ4n) is 2.86. The monoisotopic (exact) mass is 330 g/mol. The third-order valence-electron chi connectivity index (χ3n) is 3.88. The van der Waals surface area contributed by atoms with E-state index in [9.17, 15) is 4.79 Å². The average molecular weight is 331 g/mol. The molecule has 110 valence electrons. The second-order valence-corrected chi connectivity index (χ2v) is 8.11. The summed E-state index contributed by atoms with van der Waals surface area (Å²) >= 11 is 9.32. The van der Waals surface area contributed by atoms with Crippen LogP contribution in [0.4, 0.5) is 0 Å². The van der Waals surface area contributed by atoms with Crippen LogP contribution in [-0.4, -0.2) is 47.6 Å². The number of carbonyl (C=O) groups is 1. The third-order valence-corrected chi connectivity index (χ3v) is 6.55. The molecule has 6 heteroatoms. The van der Waals surface area contributed by atoms with Gasteiger partial charge < -0.3 is 9.80 Å². The topological polar surface area (TPSA) is 23.6 Å². The standard InChI is InChI=1S/C14H19ClN2OS2/c15-12-5-4-11(20-12)14-17(13(18)10-19-14)9-3-8-16-6-1-2-7-16/h4-5,14H,1-3,6-10H2. The molecule has 20 heavy (non-hydrogen) atoms. The molecule has 0 aromatic carbocycles. The molecule has 2 aliphatic rings. The summed E-state index contributed by atoms with van der Waals surface area (Å²) in [5.74, 6) is 0.870. The lowest BCUT2D eigenvalue weighted by Gasteiger charge is -2.24. The minimum atomic E-state index is 0.179. The number of amides is 1. The maximum atomic E-state index is 12.1. The second kappa shape index (κ2) is 6.69. The predicted molar refractivity (Wildman–Crippen MR) is 86.5 cm³/mol. The Hall–Kier alpha value is -0.230. The lowest BCUT2D eigenvalue weighted by Crippen LogP contribution is -2.31. The van der Waals surface area contributed by atoms with Crippen molar-refractivity contribution < 1.29 is 4.79 Å². The maximum Gasteiger partial charge on any atom is 0.233 e. The molecule has 3 nitrogen and oxygen atoms in total. The molecule has 2 saturated heterocycles. The molecule has 1 aromatic heterocycles. The number of likely N-dealkylation sites (tertiary alicyclic amines) is 1. The first kappa shape index (κ1) is 14.7. The Morgan fingerprint density at radius 2 is 2.05 bits per heavy atom. The van der Waals surface area contributed by atoms with Crippen LogP contribution in [-0.2, 0) is 4.79 Å². The molecule has 3 heterocycles. The van der Waals surface area contributed by atoms with E-state index in [0.717, 1.165) is 23.8 Å². The van der Waals surface area contributed by atoms with Crippen molar-refractivity contribution in [2.75, 3.05) is 31.9 Å². The van der Waals surface area contributed by atoms with Gasteiger partial charge >= 0.3 is 0 Å². The summed E-state index contributed by atoms with van der Waals surface area (Å²) in [4.78, 5) is 17.8. The first-order valence-electron chi connectivity index (χ1n) is 7.13. The van der Waals surface area contributed by atoms with E-state index in [4.69, 9.17) is 11.6 Å². The van der Waals surface area contributed by atoms with E-state index in [1.54, 1.807) is 23.1 Å². The summed E-state index contributed by atoms with van der Waals surface area (Å²) in [5, 5.41) is 0.179. The highest BCUT2D eigenvalue weighted by Crippen LogP contribution is 2.42. The third kappa shape index (κ3) is 3.32. The van der Waals surface area contributed by atoms with E-state index in [-0.39, 0.29) is 11.3 Å². The number of carbonyl (C=O) groups excluding carboxylic acids is 1. The number of thiophene rings is 1. The fraction of sp³-hybridized carbons (Fsp3) is 0.643. The zero-order valence-electron chi connectivity index (χ0n) is 11.4. The van der Waals surface area contributed by atoms with Gasteiger partial charge in [-0.3, -0.25) is 4.79 Å². The van der Waals surface area contributed by atoms with Crippen LogP contribution in [0.15, 0.2) is 12.1 Å². The molecule has 3 rings (SSSR count). The maximum absolute atomic E-state index is 12.1. The highest BCUT2D eigenvalue weighted by molar-refractivity contribution is 8.00. The number of rotatable bonds is 5. The van der Waals surface area contributed by atoms with Crippen LogP contribution in [0.25, 0.3) is 0 Å². The van der Waals surface area contributed by atoms with Gasteiger partial charge in [0.05, 0.1) is 10.1 Å². The van der Waals surface area contributed by atoms with Crippen molar-refractivity contribution in [1.82, 2.24) is 9.80 Å². The molecular weight excluding hydrogens is 312 g/mol. The predicted octanol–water partition coefficient (Wildman–Crippen LogP) is 3.46. The smallest absolute Gasteiger partial charge is 0.233 e. The van der Waals surface area contributed by atoms with Crippen molar-refractivity contribution in [3.8, 4) is 0 Å². The Bertz CT molecular complexity index is 473. The van der Waals surface area contributed by atoms with Crippen molar-refractivity contribution in [3.05, 3.63) is 21.3 Å². The molecule has 1 amide bonds. The van der Waals surface area contributed by atoms with Gasteiger partial charge in [-0.2, -0.15) is 0 Å². The molecule has 0 spiro atoms. The van der Waals surface area contributed by atoms with E-state index in [2.05, 4.69) is 11.0 Å². The van der Waals surface area contributed by atoms with E-state index in [1.165, 1.54) is 30.8 Å². The molecule has 0 radical (unpaired) electrons. The number of nitrogens with zero attached hydrogens (tertiary/aromatic N) is 2. The molecular formula is C14H19ClN2OS2. The number of hydrogen-bond acceptors (Lipinski definition) is 4. The number of halogens is 1. The van der Waals surface area contributed by atoms with Crippen molar-refractivity contribution in [2.24, 2.45) is 0 Å². The van der Waals surface area contributed by atoms with Crippen molar-refractivity contribution in [2.45, 2.75) is 24.6 Å². The average Bonchev–Trinajstić information content (AvgIpc) is 3.13. The first-order valence-corrected chi connectivity index (χ1v) is 9.37. The van der Waals surface area contributed by atoms with Crippen molar-refractivity contribution in [3.63, 3.8) is 0 Å². The highest BCUT2D eigenvalue weighted by atomic mass is 35.5. The molecule has 2 aliphatic heterocycles. The largest absolute Gasteiger partial charge is 0.325 e. The summed E-state index contributed by atoms with van der Waals surface area (Å²) in [6, 6.07) is 3.98. The zero-order chi connectivity index (χ0) is 13.9. The highest BCUT2D eigenvalue weighted by Gasteiger charge is 2.33. The summed E-state index contributed by atoms with van der Waals surface area (Å²) in [6.07, 6.45) is 3.73. The number of hydrogen-bond donors (Lipinski definition) is 0. The number of thioether (sulfide) groups is 1. The van der Waals surface area contributed by atoms with Gasteiger partial charge in [0.25, 0.3) is 0 Å². The molecule has 2 fully saturated rings. The fourth-order valence-corrected chi connectivity index (χ4v) is 5.38. The lowest BCUT2D eigenvalue weighted by atomic mass is 10.3. The quantitative estimate of drug-likeness (QED) is 0.826. The van der Waals surface area contributed by atoms with Gasteiger partial charge in [0, 0.05) is 11.4 Å². The van der Waals surface area contributed by atoms with E-state index in [1.807, 2.05) is 11.0 Å².